The van der Waals surface area contributed by atoms with E-state index in [9.17, 15) is 9.59 Å². The van der Waals surface area contributed by atoms with Crippen molar-refractivity contribution in [3.05, 3.63) is 0 Å². The molecule has 0 spiro atoms. The second kappa shape index (κ2) is 5.07. The standard InChI is InChI=1S/C9H18N2O3/c1-4-11(5-2)9(3,8(13)14)7(12)6-10/h4-6,10H2,1-3H3,(H,13,14). The van der Waals surface area contributed by atoms with Gasteiger partial charge in [0.15, 0.2) is 11.3 Å². The van der Waals surface area contributed by atoms with Gasteiger partial charge in [0.1, 0.15) is 0 Å². The maximum absolute atomic E-state index is 11.5. The van der Waals surface area contributed by atoms with Gasteiger partial charge in [-0.3, -0.25) is 9.69 Å². The molecular formula is C9H18N2O3. The highest BCUT2D eigenvalue weighted by molar-refractivity contribution is 6.08. The fourth-order valence-electron chi connectivity index (χ4n) is 1.49. The third-order valence-corrected chi connectivity index (χ3v) is 2.54. The summed E-state index contributed by atoms with van der Waals surface area (Å²) in [6.45, 7) is 5.79. The average molecular weight is 202 g/mol. The Bertz CT molecular complexity index is 226. The predicted octanol–water partition coefficient (Wildman–Crippen LogP) is -0.301. The van der Waals surface area contributed by atoms with Crippen LogP contribution in [0.4, 0.5) is 0 Å². The Morgan fingerprint density at radius 1 is 1.36 bits per heavy atom. The first-order chi connectivity index (χ1) is 6.44. The van der Waals surface area contributed by atoms with Crippen LogP contribution in [0.15, 0.2) is 0 Å². The molecular weight excluding hydrogens is 184 g/mol. The molecule has 0 aromatic heterocycles. The number of likely N-dealkylation sites (N-methyl/N-ethyl adjacent to an activating group) is 1. The van der Waals surface area contributed by atoms with E-state index in [2.05, 4.69) is 0 Å². The van der Waals surface area contributed by atoms with Crippen molar-refractivity contribution in [3.63, 3.8) is 0 Å². The highest BCUT2D eigenvalue weighted by Gasteiger charge is 2.44. The second-order valence-electron chi connectivity index (χ2n) is 3.18. The highest BCUT2D eigenvalue weighted by Crippen LogP contribution is 2.16. The first-order valence-electron chi connectivity index (χ1n) is 4.66. The van der Waals surface area contributed by atoms with Crippen molar-refractivity contribution in [3.8, 4) is 0 Å². The molecule has 3 N–H and O–H groups in total. The molecule has 0 saturated heterocycles. The highest BCUT2D eigenvalue weighted by atomic mass is 16.4. The van der Waals surface area contributed by atoms with Gasteiger partial charge in [0, 0.05) is 0 Å². The molecule has 5 heteroatoms. The second-order valence-corrected chi connectivity index (χ2v) is 3.18. The van der Waals surface area contributed by atoms with Crippen LogP contribution in [0.1, 0.15) is 20.8 Å². The van der Waals surface area contributed by atoms with E-state index in [0.29, 0.717) is 13.1 Å². The Labute approximate surface area is 83.9 Å². The van der Waals surface area contributed by atoms with E-state index < -0.39 is 17.3 Å². The molecule has 14 heavy (non-hydrogen) atoms. The number of Topliss-reactive ketones (excluding diaryl/α,β-unsaturated/α-hetero) is 1. The summed E-state index contributed by atoms with van der Waals surface area (Å²) in [6.07, 6.45) is 0. The zero-order chi connectivity index (χ0) is 11.4. The van der Waals surface area contributed by atoms with Gasteiger partial charge in [0.25, 0.3) is 0 Å². The fourth-order valence-corrected chi connectivity index (χ4v) is 1.49. The zero-order valence-electron chi connectivity index (χ0n) is 8.91. The summed E-state index contributed by atoms with van der Waals surface area (Å²) < 4.78 is 0. The van der Waals surface area contributed by atoms with Gasteiger partial charge in [-0.2, -0.15) is 0 Å². The van der Waals surface area contributed by atoms with Crippen molar-refractivity contribution in [1.82, 2.24) is 4.90 Å². The molecule has 0 aliphatic rings. The monoisotopic (exact) mass is 202 g/mol. The van der Waals surface area contributed by atoms with Crippen LogP contribution < -0.4 is 5.73 Å². The smallest absolute Gasteiger partial charge is 0.331 e. The van der Waals surface area contributed by atoms with Crippen molar-refractivity contribution in [2.45, 2.75) is 26.3 Å². The van der Waals surface area contributed by atoms with Gasteiger partial charge in [0.05, 0.1) is 6.54 Å². The van der Waals surface area contributed by atoms with Crippen LogP contribution in [0.5, 0.6) is 0 Å². The van der Waals surface area contributed by atoms with E-state index >= 15 is 0 Å². The largest absolute Gasteiger partial charge is 0.480 e. The lowest BCUT2D eigenvalue weighted by Gasteiger charge is -2.34. The molecule has 1 atom stereocenters. The van der Waals surface area contributed by atoms with Gasteiger partial charge >= 0.3 is 5.97 Å². The van der Waals surface area contributed by atoms with Gasteiger partial charge in [-0.15, -0.1) is 0 Å². The number of carboxylic acid groups (broad SMARTS) is 1. The van der Waals surface area contributed by atoms with Gasteiger partial charge in [-0.25, -0.2) is 4.79 Å². The Kier molecular flexibility index (Phi) is 4.73. The number of carboxylic acids is 1. The lowest BCUT2D eigenvalue weighted by Crippen LogP contribution is -2.59. The molecule has 0 fully saturated rings. The van der Waals surface area contributed by atoms with Crippen molar-refractivity contribution in [1.29, 1.82) is 0 Å². The molecule has 0 aromatic carbocycles. The van der Waals surface area contributed by atoms with Crippen LogP contribution in [0.25, 0.3) is 0 Å². The van der Waals surface area contributed by atoms with E-state index in [1.54, 1.807) is 4.90 Å². The topological polar surface area (TPSA) is 83.6 Å². The van der Waals surface area contributed by atoms with Gasteiger partial charge in [-0.1, -0.05) is 13.8 Å². The number of rotatable bonds is 6. The molecule has 82 valence electrons. The minimum atomic E-state index is -1.49. The number of carbonyl (C=O) groups is 2. The predicted molar refractivity (Wildman–Crippen MR) is 53.0 cm³/mol. The summed E-state index contributed by atoms with van der Waals surface area (Å²) in [5.74, 6) is -1.61. The molecule has 0 aromatic rings. The molecule has 0 amide bonds. The first kappa shape index (κ1) is 13.1. The maximum atomic E-state index is 11.5. The summed E-state index contributed by atoms with van der Waals surface area (Å²) >= 11 is 0. The Morgan fingerprint density at radius 2 is 1.79 bits per heavy atom. The number of carbonyl (C=O) groups excluding carboxylic acids is 1. The third-order valence-electron chi connectivity index (χ3n) is 2.54. The lowest BCUT2D eigenvalue weighted by atomic mass is 9.94. The lowest BCUT2D eigenvalue weighted by molar-refractivity contribution is -0.156. The molecule has 1 unspecified atom stereocenters. The van der Waals surface area contributed by atoms with Crippen LogP contribution in [0.2, 0.25) is 0 Å². The summed E-state index contributed by atoms with van der Waals surface area (Å²) in [4.78, 5) is 24.1. The molecule has 0 rings (SSSR count). The molecule has 5 nitrogen and oxygen atoms in total. The number of aliphatic carboxylic acids is 1. The summed E-state index contributed by atoms with van der Waals surface area (Å²) in [5, 5.41) is 9.05. The van der Waals surface area contributed by atoms with Crippen molar-refractivity contribution in [2.24, 2.45) is 5.73 Å². The Balaban J connectivity index is 5.07. The quantitative estimate of drug-likeness (QED) is 0.578. The van der Waals surface area contributed by atoms with Crippen molar-refractivity contribution in [2.75, 3.05) is 19.6 Å². The number of hydrogen-bond donors (Lipinski definition) is 2. The van der Waals surface area contributed by atoms with E-state index in [1.807, 2.05) is 13.8 Å². The van der Waals surface area contributed by atoms with Gasteiger partial charge in [0.2, 0.25) is 0 Å². The molecule has 0 aliphatic heterocycles. The number of hydrogen-bond acceptors (Lipinski definition) is 4. The number of nitrogens with two attached hydrogens (primary N) is 1. The maximum Gasteiger partial charge on any atom is 0.331 e. The van der Waals surface area contributed by atoms with E-state index in [0.717, 1.165) is 0 Å². The van der Waals surface area contributed by atoms with Crippen LogP contribution in [-0.2, 0) is 9.59 Å². The summed E-state index contributed by atoms with van der Waals surface area (Å²) in [6, 6.07) is 0. The molecule has 0 aliphatic carbocycles. The van der Waals surface area contributed by atoms with Crippen molar-refractivity contribution < 1.29 is 14.7 Å². The third kappa shape index (κ3) is 2.10. The number of nitrogens with zero attached hydrogens (tertiary/aromatic N) is 1. The van der Waals surface area contributed by atoms with Crippen LogP contribution in [0.3, 0.4) is 0 Å². The van der Waals surface area contributed by atoms with Crippen LogP contribution in [0, 0.1) is 0 Å². The van der Waals surface area contributed by atoms with Crippen molar-refractivity contribution >= 4 is 11.8 Å². The van der Waals surface area contributed by atoms with E-state index in [1.165, 1.54) is 6.92 Å². The van der Waals surface area contributed by atoms with E-state index in [-0.39, 0.29) is 6.54 Å². The van der Waals surface area contributed by atoms with Gasteiger partial charge in [-0.05, 0) is 20.0 Å². The van der Waals surface area contributed by atoms with Crippen LogP contribution in [-0.4, -0.2) is 46.9 Å². The SMILES string of the molecule is CCN(CC)C(C)(C(=O)O)C(=O)CN. The fraction of sp³-hybridized carbons (Fsp3) is 0.778. The summed E-state index contributed by atoms with van der Waals surface area (Å²) in [5.41, 5.74) is 3.72. The van der Waals surface area contributed by atoms with Crippen LogP contribution >= 0.6 is 0 Å². The molecule has 0 saturated carbocycles. The molecule has 0 heterocycles. The van der Waals surface area contributed by atoms with E-state index in [4.69, 9.17) is 10.8 Å². The Hall–Kier alpha value is -0.940. The summed E-state index contributed by atoms with van der Waals surface area (Å²) in [7, 11) is 0. The van der Waals surface area contributed by atoms with Gasteiger partial charge < -0.3 is 10.8 Å². The molecule has 0 bridgehead atoms. The Morgan fingerprint density at radius 3 is 2.00 bits per heavy atom. The molecule has 0 radical (unpaired) electrons. The minimum Gasteiger partial charge on any atom is -0.480 e. The minimum absolute atomic E-state index is 0.251. The number of ketones is 1. The normalized spacial score (nSPS) is 15.2. The first-order valence-corrected chi connectivity index (χ1v) is 4.66. The average Bonchev–Trinajstić information content (AvgIpc) is 2.17. The zero-order valence-corrected chi connectivity index (χ0v) is 8.91.